The molecule has 0 amide bonds. The van der Waals surface area contributed by atoms with Crippen molar-refractivity contribution in [2.24, 2.45) is 5.73 Å². The summed E-state index contributed by atoms with van der Waals surface area (Å²) < 4.78 is 6.94. The van der Waals surface area contributed by atoms with E-state index >= 15 is 0 Å². The number of fused-ring (bicyclic) bond motifs is 2. The van der Waals surface area contributed by atoms with Crippen LogP contribution in [0.15, 0.2) is 48.7 Å². The van der Waals surface area contributed by atoms with Crippen molar-refractivity contribution in [3.8, 4) is 5.75 Å². The molecule has 1 fully saturated rings. The van der Waals surface area contributed by atoms with Crippen LogP contribution in [-0.2, 0) is 6.42 Å². The summed E-state index contributed by atoms with van der Waals surface area (Å²) in [4.78, 5) is 7.29. The van der Waals surface area contributed by atoms with Gasteiger partial charge in [0.15, 0.2) is 0 Å². The van der Waals surface area contributed by atoms with Gasteiger partial charge in [-0.1, -0.05) is 36.4 Å². The zero-order valence-electron chi connectivity index (χ0n) is 18.0. The van der Waals surface area contributed by atoms with E-state index in [1.165, 1.54) is 28.5 Å². The molecule has 0 unspecified atom stereocenters. The lowest BCUT2D eigenvalue weighted by Gasteiger charge is -2.43. The van der Waals surface area contributed by atoms with Gasteiger partial charge in [0.05, 0.1) is 6.04 Å². The minimum absolute atomic E-state index is 0.00753. The van der Waals surface area contributed by atoms with E-state index in [4.69, 9.17) is 15.5 Å². The highest BCUT2D eigenvalue weighted by Gasteiger charge is 2.37. The lowest BCUT2D eigenvalue weighted by atomic mass is 9.84. The van der Waals surface area contributed by atoms with Crippen LogP contribution in [-0.4, -0.2) is 35.1 Å². The summed E-state index contributed by atoms with van der Waals surface area (Å²) in [7, 11) is 0. The van der Waals surface area contributed by atoms with Crippen LogP contribution in [0.2, 0.25) is 0 Å². The molecule has 0 saturated carbocycles. The van der Waals surface area contributed by atoms with Crippen molar-refractivity contribution in [3.63, 3.8) is 0 Å². The summed E-state index contributed by atoms with van der Waals surface area (Å²) in [5, 5.41) is 1.17. The number of piperidine rings is 1. The fourth-order valence-electron chi connectivity index (χ4n) is 5.39. The molecule has 1 saturated heterocycles. The standard InChI is InChI=1S/C26H31N3O/c1-17-15-18(2)25(24-21(17)10-5-13-28-24)30-26-22-9-4-3-7-19(22)11-12-23(26)29-14-6-8-20(27)16-29/h3-5,7,9-10,13,15,20,23,26H,6,8,11-12,14,16,27H2,1-2H3/t20-,23-,26-/m0/s1. The van der Waals surface area contributed by atoms with Crippen molar-refractivity contribution in [1.82, 2.24) is 9.88 Å². The van der Waals surface area contributed by atoms with Crippen LogP contribution in [0.3, 0.4) is 0 Å². The fraction of sp³-hybridized carbons (Fsp3) is 0.423. The molecule has 0 bridgehead atoms. The van der Waals surface area contributed by atoms with E-state index in [0.717, 1.165) is 49.2 Å². The molecular weight excluding hydrogens is 370 g/mol. The molecule has 0 radical (unpaired) electrons. The molecule has 1 aromatic heterocycles. The molecule has 3 aromatic rings. The lowest BCUT2D eigenvalue weighted by Crippen LogP contribution is -2.51. The highest BCUT2D eigenvalue weighted by molar-refractivity contribution is 5.88. The molecule has 3 atom stereocenters. The van der Waals surface area contributed by atoms with Gasteiger partial charge >= 0.3 is 0 Å². The van der Waals surface area contributed by atoms with E-state index < -0.39 is 0 Å². The van der Waals surface area contributed by atoms with E-state index in [1.54, 1.807) is 0 Å². The first kappa shape index (κ1) is 19.5. The number of hydrogen-bond acceptors (Lipinski definition) is 4. The molecule has 30 heavy (non-hydrogen) atoms. The van der Waals surface area contributed by atoms with Crippen LogP contribution >= 0.6 is 0 Å². The number of benzene rings is 2. The second kappa shape index (κ2) is 8.01. The topological polar surface area (TPSA) is 51.4 Å². The second-order valence-corrected chi connectivity index (χ2v) is 8.98. The number of nitrogens with zero attached hydrogens (tertiary/aromatic N) is 2. The van der Waals surface area contributed by atoms with Gasteiger partial charge in [0.25, 0.3) is 0 Å². The fourth-order valence-corrected chi connectivity index (χ4v) is 5.39. The summed E-state index contributed by atoms with van der Waals surface area (Å²) in [6, 6.07) is 15.7. The van der Waals surface area contributed by atoms with Crippen LogP contribution in [0.1, 0.15) is 47.6 Å². The molecule has 156 valence electrons. The number of ether oxygens (including phenoxy) is 1. The van der Waals surface area contributed by atoms with Crippen LogP contribution in [0.25, 0.3) is 10.9 Å². The van der Waals surface area contributed by atoms with Crippen LogP contribution in [0.4, 0.5) is 0 Å². The number of likely N-dealkylation sites (tertiary alicyclic amines) is 1. The molecular formula is C26H31N3O. The van der Waals surface area contributed by atoms with Gasteiger partial charge in [-0.05, 0) is 74.4 Å². The van der Waals surface area contributed by atoms with Gasteiger partial charge in [0, 0.05) is 24.2 Å². The molecule has 5 rings (SSSR count). The van der Waals surface area contributed by atoms with Gasteiger partial charge in [-0.3, -0.25) is 9.88 Å². The quantitative estimate of drug-likeness (QED) is 0.691. The van der Waals surface area contributed by atoms with Crippen molar-refractivity contribution in [3.05, 3.63) is 70.9 Å². The van der Waals surface area contributed by atoms with Crippen molar-refractivity contribution in [2.75, 3.05) is 13.1 Å². The van der Waals surface area contributed by atoms with Gasteiger partial charge in [-0.25, -0.2) is 0 Å². The number of hydrogen-bond donors (Lipinski definition) is 1. The average Bonchev–Trinajstić information content (AvgIpc) is 2.76. The molecule has 0 spiro atoms. The van der Waals surface area contributed by atoms with Gasteiger partial charge < -0.3 is 10.5 Å². The van der Waals surface area contributed by atoms with Crippen molar-refractivity contribution in [2.45, 2.75) is 57.7 Å². The summed E-state index contributed by atoms with van der Waals surface area (Å²) in [5.74, 6) is 0.921. The van der Waals surface area contributed by atoms with E-state index in [-0.39, 0.29) is 12.1 Å². The number of aromatic nitrogens is 1. The lowest BCUT2D eigenvalue weighted by molar-refractivity contribution is 0.0371. The maximum atomic E-state index is 6.94. The third-order valence-electron chi connectivity index (χ3n) is 6.86. The predicted molar refractivity (Wildman–Crippen MR) is 122 cm³/mol. The van der Waals surface area contributed by atoms with Gasteiger partial charge in [0.2, 0.25) is 0 Å². The minimum atomic E-state index is -0.00753. The van der Waals surface area contributed by atoms with Crippen molar-refractivity contribution in [1.29, 1.82) is 0 Å². The Bertz CT molecular complexity index is 1060. The third kappa shape index (κ3) is 3.48. The molecule has 1 aliphatic carbocycles. The maximum Gasteiger partial charge on any atom is 0.149 e. The molecule has 2 heterocycles. The Kier molecular flexibility index (Phi) is 5.21. The van der Waals surface area contributed by atoms with Crippen molar-refractivity contribution < 1.29 is 4.74 Å². The zero-order chi connectivity index (χ0) is 20.7. The first-order chi connectivity index (χ1) is 14.6. The van der Waals surface area contributed by atoms with Crippen LogP contribution in [0.5, 0.6) is 5.75 Å². The highest BCUT2D eigenvalue weighted by atomic mass is 16.5. The number of aryl methyl sites for hydroxylation is 3. The summed E-state index contributed by atoms with van der Waals surface area (Å²) in [6.45, 7) is 6.34. The number of pyridine rings is 1. The Morgan fingerprint density at radius 1 is 1.07 bits per heavy atom. The summed E-state index contributed by atoms with van der Waals surface area (Å²) in [5.41, 5.74) is 12.4. The smallest absolute Gasteiger partial charge is 0.149 e. The van der Waals surface area contributed by atoms with Crippen molar-refractivity contribution >= 4 is 10.9 Å². The zero-order valence-corrected chi connectivity index (χ0v) is 18.0. The summed E-state index contributed by atoms with van der Waals surface area (Å²) in [6.07, 6.45) is 6.34. The minimum Gasteiger partial charge on any atom is -0.482 e. The van der Waals surface area contributed by atoms with E-state index in [2.05, 4.69) is 55.1 Å². The normalized spacial score (nSPS) is 24.6. The molecule has 2 aliphatic rings. The van der Waals surface area contributed by atoms with Crippen LogP contribution in [0, 0.1) is 13.8 Å². The third-order valence-corrected chi connectivity index (χ3v) is 6.86. The highest BCUT2D eigenvalue weighted by Crippen LogP contribution is 2.40. The first-order valence-electron chi connectivity index (χ1n) is 11.2. The Labute approximate surface area is 179 Å². The van der Waals surface area contributed by atoms with E-state index in [9.17, 15) is 0 Å². The second-order valence-electron chi connectivity index (χ2n) is 8.98. The molecule has 2 aromatic carbocycles. The Hall–Kier alpha value is -2.43. The predicted octanol–water partition coefficient (Wildman–Crippen LogP) is 4.71. The Morgan fingerprint density at radius 2 is 1.93 bits per heavy atom. The van der Waals surface area contributed by atoms with Gasteiger partial charge in [-0.2, -0.15) is 0 Å². The van der Waals surface area contributed by atoms with Gasteiger partial charge in [0.1, 0.15) is 17.4 Å². The first-order valence-corrected chi connectivity index (χ1v) is 11.2. The van der Waals surface area contributed by atoms with Gasteiger partial charge in [-0.15, -0.1) is 0 Å². The summed E-state index contributed by atoms with van der Waals surface area (Å²) >= 11 is 0. The molecule has 4 nitrogen and oxygen atoms in total. The number of rotatable bonds is 3. The monoisotopic (exact) mass is 401 g/mol. The molecule has 4 heteroatoms. The van der Waals surface area contributed by atoms with E-state index in [0.29, 0.717) is 6.04 Å². The SMILES string of the molecule is Cc1cc(C)c2cccnc2c1O[C@H]1c2ccccc2CC[C@@H]1N1CCC[C@H](N)C1. The Morgan fingerprint density at radius 3 is 2.80 bits per heavy atom. The van der Waals surface area contributed by atoms with Crippen LogP contribution < -0.4 is 10.5 Å². The maximum absolute atomic E-state index is 6.94. The molecule has 1 aliphatic heterocycles. The van der Waals surface area contributed by atoms with E-state index in [1.807, 2.05) is 12.3 Å². The average molecular weight is 402 g/mol. The number of nitrogens with two attached hydrogens (primary N) is 1. The largest absolute Gasteiger partial charge is 0.482 e. The Balaban J connectivity index is 1.59. The molecule has 2 N–H and O–H groups in total.